The van der Waals surface area contributed by atoms with E-state index >= 15 is 0 Å². The third-order valence-electron chi connectivity index (χ3n) is 3.20. The molecule has 98 valence electrons. The van der Waals surface area contributed by atoms with E-state index in [4.69, 9.17) is 4.74 Å². The van der Waals surface area contributed by atoms with Crippen LogP contribution in [0, 0.1) is 5.92 Å². The van der Waals surface area contributed by atoms with Crippen molar-refractivity contribution in [1.29, 1.82) is 0 Å². The highest BCUT2D eigenvalue weighted by molar-refractivity contribution is 7.91. The van der Waals surface area contributed by atoms with Crippen LogP contribution < -0.4 is 4.74 Å². The first-order valence-electron chi connectivity index (χ1n) is 5.86. The van der Waals surface area contributed by atoms with Crippen molar-refractivity contribution < 1.29 is 17.9 Å². The quantitative estimate of drug-likeness (QED) is 0.824. The lowest BCUT2D eigenvalue weighted by molar-refractivity contribution is -0.121. The number of carbonyl (C=O) groups excluding carboxylic acids is 1. The van der Waals surface area contributed by atoms with Gasteiger partial charge >= 0.3 is 0 Å². The Kier molecular flexibility index (Phi) is 3.71. The van der Waals surface area contributed by atoms with Crippen LogP contribution in [0.3, 0.4) is 0 Å². The molecule has 1 aromatic carbocycles. The SMILES string of the molecule is COc1cccc(CC(=O)C2CCS(=O)(=O)C2)c1. The Balaban J connectivity index is 2.03. The number of hydrogen-bond donors (Lipinski definition) is 0. The lowest BCUT2D eigenvalue weighted by atomic mass is 9.97. The van der Waals surface area contributed by atoms with Crippen molar-refractivity contribution in [2.45, 2.75) is 12.8 Å². The first-order valence-corrected chi connectivity index (χ1v) is 7.68. The van der Waals surface area contributed by atoms with Crippen LogP contribution in [-0.4, -0.2) is 32.8 Å². The van der Waals surface area contributed by atoms with E-state index in [1.54, 1.807) is 13.2 Å². The van der Waals surface area contributed by atoms with Gasteiger partial charge in [0.25, 0.3) is 0 Å². The summed E-state index contributed by atoms with van der Waals surface area (Å²) in [4.78, 5) is 12.0. The molecular weight excluding hydrogens is 252 g/mol. The van der Waals surface area contributed by atoms with Gasteiger partial charge in [-0.3, -0.25) is 4.79 Å². The van der Waals surface area contributed by atoms with E-state index in [2.05, 4.69) is 0 Å². The second-order valence-electron chi connectivity index (χ2n) is 4.59. The van der Waals surface area contributed by atoms with Gasteiger partial charge in [0, 0.05) is 12.3 Å². The van der Waals surface area contributed by atoms with Gasteiger partial charge in [0.1, 0.15) is 11.5 Å². The van der Waals surface area contributed by atoms with E-state index in [1.807, 2.05) is 18.2 Å². The van der Waals surface area contributed by atoms with Crippen LogP contribution in [-0.2, 0) is 21.1 Å². The summed E-state index contributed by atoms with van der Waals surface area (Å²) in [6.07, 6.45) is 0.739. The highest BCUT2D eigenvalue weighted by Gasteiger charge is 2.32. The fourth-order valence-corrected chi connectivity index (χ4v) is 3.95. The molecular formula is C13H16O4S. The van der Waals surface area contributed by atoms with Crippen molar-refractivity contribution in [2.24, 2.45) is 5.92 Å². The number of sulfone groups is 1. The Morgan fingerprint density at radius 3 is 2.83 bits per heavy atom. The molecule has 0 spiro atoms. The van der Waals surface area contributed by atoms with Crippen LogP contribution >= 0.6 is 0 Å². The minimum absolute atomic E-state index is 0.00401. The molecule has 0 amide bonds. The molecule has 1 atom stereocenters. The van der Waals surface area contributed by atoms with Crippen LogP contribution in [0.15, 0.2) is 24.3 Å². The molecule has 0 aliphatic carbocycles. The maximum atomic E-state index is 12.0. The maximum Gasteiger partial charge on any atom is 0.151 e. The molecule has 2 rings (SSSR count). The maximum absolute atomic E-state index is 12.0. The molecule has 0 saturated carbocycles. The van der Waals surface area contributed by atoms with Crippen LogP contribution in [0.5, 0.6) is 5.75 Å². The van der Waals surface area contributed by atoms with E-state index in [0.717, 1.165) is 5.56 Å². The van der Waals surface area contributed by atoms with Crippen molar-refractivity contribution in [3.05, 3.63) is 29.8 Å². The largest absolute Gasteiger partial charge is 0.497 e. The fraction of sp³-hybridized carbons (Fsp3) is 0.462. The zero-order valence-electron chi connectivity index (χ0n) is 10.3. The Labute approximate surface area is 107 Å². The van der Waals surface area contributed by atoms with Crippen LogP contribution in [0.1, 0.15) is 12.0 Å². The molecule has 1 aliphatic heterocycles. The Hall–Kier alpha value is -1.36. The highest BCUT2D eigenvalue weighted by atomic mass is 32.2. The van der Waals surface area contributed by atoms with Crippen LogP contribution in [0.25, 0.3) is 0 Å². The third kappa shape index (κ3) is 3.10. The average molecular weight is 268 g/mol. The molecule has 0 radical (unpaired) electrons. The minimum Gasteiger partial charge on any atom is -0.497 e. The van der Waals surface area contributed by atoms with Crippen molar-refractivity contribution in [2.75, 3.05) is 18.6 Å². The number of ether oxygens (including phenoxy) is 1. The zero-order chi connectivity index (χ0) is 13.2. The summed E-state index contributed by atoms with van der Waals surface area (Å²) >= 11 is 0. The molecule has 1 aliphatic rings. The van der Waals surface area contributed by atoms with Gasteiger partial charge in [0.2, 0.25) is 0 Å². The number of Topliss-reactive ketones (excluding diaryl/α,β-unsaturated/α-hetero) is 1. The normalized spacial score (nSPS) is 21.7. The molecule has 4 nitrogen and oxygen atoms in total. The summed E-state index contributed by atoms with van der Waals surface area (Å²) in [5.74, 6) is 0.530. The summed E-state index contributed by atoms with van der Waals surface area (Å²) in [6.45, 7) is 0. The topological polar surface area (TPSA) is 60.4 Å². The predicted molar refractivity (Wildman–Crippen MR) is 68.5 cm³/mol. The molecule has 1 aromatic rings. The van der Waals surface area contributed by atoms with Gasteiger partial charge in [-0.05, 0) is 24.1 Å². The molecule has 5 heteroatoms. The van der Waals surface area contributed by atoms with Crippen molar-refractivity contribution >= 4 is 15.6 Å². The second kappa shape index (κ2) is 5.10. The Bertz CT molecular complexity index is 548. The molecule has 18 heavy (non-hydrogen) atoms. The minimum atomic E-state index is -2.99. The van der Waals surface area contributed by atoms with E-state index < -0.39 is 9.84 Å². The first-order chi connectivity index (χ1) is 8.50. The van der Waals surface area contributed by atoms with E-state index in [0.29, 0.717) is 12.2 Å². The van der Waals surface area contributed by atoms with Gasteiger partial charge in [-0.1, -0.05) is 12.1 Å². The van der Waals surface area contributed by atoms with E-state index in [-0.39, 0.29) is 29.6 Å². The number of rotatable bonds is 4. The van der Waals surface area contributed by atoms with Crippen molar-refractivity contribution in [3.8, 4) is 5.75 Å². The first kappa shape index (κ1) is 13.1. The van der Waals surface area contributed by atoms with Crippen molar-refractivity contribution in [3.63, 3.8) is 0 Å². The molecule has 1 unspecified atom stereocenters. The highest BCUT2D eigenvalue weighted by Crippen LogP contribution is 2.22. The summed E-state index contributed by atoms with van der Waals surface area (Å²) < 4.78 is 27.7. The van der Waals surface area contributed by atoms with Crippen LogP contribution in [0.4, 0.5) is 0 Å². The second-order valence-corrected chi connectivity index (χ2v) is 6.82. The smallest absolute Gasteiger partial charge is 0.151 e. The van der Waals surface area contributed by atoms with Gasteiger partial charge in [-0.25, -0.2) is 8.42 Å². The Morgan fingerprint density at radius 1 is 1.44 bits per heavy atom. The van der Waals surface area contributed by atoms with Gasteiger partial charge in [0.15, 0.2) is 9.84 Å². The number of benzene rings is 1. The van der Waals surface area contributed by atoms with Gasteiger partial charge in [0.05, 0.1) is 18.6 Å². The average Bonchev–Trinajstić information content (AvgIpc) is 2.70. The molecule has 0 bridgehead atoms. The molecule has 0 aromatic heterocycles. The monoisotopic (exact) mass is 268 g/mol. The lowest BCUT2D eigenvalue weighted by Gasteiger charge is -2.07. The van der Waals surface area contributed by atoms with E-state index in [1.165, 1.54) is 0 Å². The van der Waals surface area contributed by atoms with E-state index in [9.17, 15) is 13.2 Å². The van der Waals surface area contributed by atoms with Crippen molar-refractivity contribution in [1.82, 2.24) is 0 Å². The third-order valence-corrected chi connectivity index (χ3v) is 4.97. The lowest BCUT2D eigenvalue weighted by Crippen LogP contribution is -2.18. The standard InChI is InChI=1S/C13H16O4S/c1-17-12-4-2-3-10(7-12)8-13(14)11-5-6-18(15,16)9-11/h2-4,7,11H,5-6,8-9H2,1H3. The van der Waals surface area contributed by atoms with Gasteiger partial charge in [-0.15, -0.1) is 0 Å². The van der Waals surface area contributed by atoms with Gasteiger partial charge in [-0.2, -0.15) is 0 Å². The zero-order valence-corrected chi connectivity index (χ0v) is 11.1. The summed E-state index contributed by atoms with van der Waals surface area (Å²) in [5.41, 5.74) is 0.864. The molecule has 1 saturated heterocycles. The summed E-state index contributed by atoms with van der Waals surface area (Å²) in [6, 6.07) is 7.30. The molecule has 1 fully saturated rings. The summed E-state index contributed by atoms with van der Waals surface area (Å²) in [7, 11) is -1.42. The molecule has 0 N–H and O–H groups in total. The number of ketones is 1. The number of methoxy groups -OCH3 is 1. The number of hydrogen-bond acceptors (Lipinski definition) is 4. The van der Waals surface area contributed by atoms with Gasteiger partial charge < -0.3 is 4.74 Å². The Morgan fingerprint density at radius 2 is 2.22 bits per heavy atom. The fourth-order valence-electron chi connectivity index (χ4n) is 2.18. The molecule has 1 heterocycles. The van der Waals surface area contributed by atoms with Crippen LogP contribution in [0.2, 0.25) is 0 Å². The number of carbonyl (C=O) groups is 1. The predicted octanol–water partition coefficient (Wildman–Crippen LogP) is 1.24. The summed E-state index contributed by atoms with van der Waals surface area (Å²) in [5, 5.41) is 0.